The summed E-state index contributed by atoms with van der Waals surface area (Å²) in [5.41, 5.74) is 4.39. The molecule has 146 valence electrons. The molecule has 0 radical (unpaired) electrons. The van der Waals surface area contributed by atoms with Crippen molar-refractivity contribution >= 4 is 46.0 Å². The standard InChI is InChI=1S/C23H19ClN2O2S/c1-14-5-7-16(8-6-14)13-26-22(27)20(19-4-3-11-29-19)21(23(26)28)25-18-10-9-17(24)12-15(18)2/h3-12,25H,13H2,1-2H3. The first-order valence-electron chi connectivity index (χ1n) is 9.17. The molecule has 0 aliphatic carbocycles. The van der Waals surface area contributed by atoms with Crippen LogP contribution in [0.3, 0.4) is 0 Å². The number of nitrogens with one attached hydrogen (secondary N) is 1. The minimum absolute atomic E-state index is 0.234. The van der Waals surface area contributed by atoms with Crippen molar-refractivity contribution in [2.75, 3.05) is 5.32 Å². The second-order valence-corrected chi connectivity index (χ2v) is 8.38. The highest BCUT2D eigenvalue weighted by atomic mass is 35.5. The van der Waals surface area contributed by atoms with Gasteiger partial charge in [0, 0.05) is 15.6 Å². The van der Waals surface area contributed by atoms with Crippen LogP contribution in [0.25, 0.3) is 5.57 Å². The van der Waals surface area contributed by atoms with Gasteiger partial charge < -0.3 is 5.32 Å². The number of hydrogen-bond donors (Lipinski definition) is 1. The van der Waals surface area contributed by atoms with Crippen LogP contribution in [-0.4, -0.2) is 16.7 Å². The number of nitrogens with zero attached hydrogens (tertiary/aromatic N) is 1. The number of amides is 2. The SMILES string of the molecule is Cc1ccc(CN2C(=O)C(Nc3ccc(Cl)cc3C)=C(c3cccs3)C2=O)cc1. The number of aryl methyl sites for hydroxylation is 2. The van der Waals surface area contributed by atoms with Crippen LogP contribution >= 0.6 is 22.9 Å². The number of hydrogen-bond acceptors (Lipinski definition) is 4. The third kappa shape index (κ3) is 3.84. The van der Waals surface area contributed by atoms with Crippen LogP contribution in [0.4, 0.5) is 5.69 Å². The van der Waals surface area contributed by atoms with E-state index in [1.807, 2.05) is 67.8 Å². The molecule has 0 fully saturated rings. The lowest BCUT2D eigenvalue weighted by Crippen LogP contribution is -2.32. The number of halogens is 1. The molecule has 3 aromatic rings. The van der Waals surface area contributed by atoms with Crippen LogP contribution < -0.4 is 5.32 Å². The Morgan fingerprint density at radius 2 is 1.76 bits per heavy atom. The summed E-state index contributed by atoms with van der Waals surface area (Å²) in [6.45, 7) is 4.14. The van der Waals surface area contributed by atoms with E-state index in [-0.39, 0.29) is 18.4 Å². The highest BCUT2D eigenvalue weighted by Gasteiger charge is 2.39. The Balaban J connectivity index is 1.71. The van der Waals surface area contributed by atoms with Gasteiger partial charge in [-0.2, -0.15) is 0 Å². The molecule has 1 N–H and O–H groups in total. The van der Waals surface area contributed by atoms with E-state index in [2.05, 4.69) is 5.32 Å². The number of benzene rings is 2. The van der Waals surface area contributed by atoms with Gasteiger partial charge in [-0.3, -0.25) is 14.5 Å². The van der Waals surface area contributed by atoms with Crippen molar-refractivity contribution in [3.8, 4) is 0 Å². The molecule has 1 aliphatic rings. The second-order valence-electron chi connectivity index (χ2n) is 6.99. The largest absolute Gasteiger partial charge is 0.350 e. The van der Waals surface area contributed by atoms with Gasteiger partial charge in [0.05, 0.1) is 12.1 Å². The van der Waals surface area contributed by atoms with Crippen molar-refractivity contribution in [3.63, 3.8) is 0 Å². The predicted molar refractivity (Wildman–Crippen MR) is 118 cm³/mol. The van der Waals surface area contributed by atoms with Crippen molar-refractivity contribution in [3.05, 3.63) is 92.3 Å². The van der Waals surface area contributed by atoms with Crippen LogP contribution in [0.1, 0.15) is 21.6 Å². The maximum atomic E-state index is 13.2. The first-order chi connectivity index (χ1) is 13.9. The molecule has 2 aromatic carbocycles. The molecule has 0 saturated heterocycles. The quantitative estimate of drug-likeness (QED) is 0.559. The van der Waals surface area contributed by atoms with Crippen molar-refractivity contribution < 1.29 is 9.59 Å². The normalized spacial score (nSPS) is 14.1. The fourth-order valence-electron chi connectivity index (χ4n) is 3.26. The number of rotatable bonds is 5. The second kappa shape index (κ2) is 7.85. The molecule has 2 heterocycles. The Bertz CT molecular complexity index is 1120. The van der Waals surface area contributed by atoms with Gasteiger partial charge in [0.2, 0.25) is 0 Å². The van der Waals surface area contributed by atoms with Gasteiger partial charge in [0.1, 0.15) is 5.70 Å². The monoisotopic (exact) mass is 422 g/mol. The van der Waals surface area contributed by atoms with Crippen LogP contribution in [0.15, 0.2) is 65.7 Å². The Morgan fingerprint density at radius 1 is 1.00 bits per heavy atom. The molecule has 6 heteroatoms. The molecule has 0 atom stereocenters. The molecular formula is C23H19ClN2O2S. The van der Waals surface area contributed by atoms with Crippen LogP contribution in [0, 0.1) is 13.8 Å². The molecule has 29 heavy (non-hydrogen) atoms. The number of imide groups is 1. The van der Waals surface area contributed by atoms with Gasteiger partial charge in [-0.25, -0.2) is 0 Å². The summed E-state index contributed by atoms with van der Waals surface area (Å²) < 4.78 is 0. The Hall–Kier alpha value is -2.89. The zero-order valence-corrected chi connectivity index (χ0v) is 17.6. The molecule has 2 amide bonds. The first-order valence-corrected chi connectivity index (χ1v) is 10.4. The third-order valence-electron chi connectivity index (χ3n) is 4.85. The van der Waals surface area contributed by atoms with E-state index in [1.54, 1.807) is 6.07 Å². The van der Waals surface area contributed by atoms with Gasteiger partial charge in [-0.05, 0) is 54.6 Å². The fraction of sp³-hybridized carbons (Fsp3) is 0.130. The molecule has 0 saturated carbocycles. The highest BCUT2D eigenvalue weighted by Crippen LogP contribution is 2.34. The zero-order valence-electron chi connectivity index (χ0n) is 16.0. The number of thiophene rings is 1. The Kier molecular flexibility index (Phi) is 5.26. The average Bonchev–Trinajstić information content (AvgIpc) is 3.29. The highest BCUT2D eigenvalue weighted by molar-refractivity contribution is 7.11. The lowest BCUT2D eigenvalue weighted by molar-refractivity contribution is -0.137. The third-order valence-corrected chi connectivity index (χ3v) is 5.97. The summed E-state index contributed by atoms with van der Waals surface area (Å²) in [7, 11) is 0. The lowest BCUT2D eigenvalue weighted by Gasteiger charge is -2.16. The lowest BCUT2D eigenvalue weighted by atomic mass is 10.1. The number of anilines is 1. The van der Waals surface area contributed by atoms with Crippen molar-refractivity contribution in [1.29, 1.82) is 0 Å². The summed E-state index contributed by atoms with van der Waals surface area (Å²) in [5.74, 6) is -0.611. The molecule has 1 aliphatic heterocycles. The van der Waals surface area contributed by atoms with E-state index >= 15 is 0 Å². The van der Waals surface area contributed by atoms with Crippen LogP contribution in [0.2, 0.25) is 5.02 Å². The Morgan fingerprint density at radius 3 is 2.41 bits per heavy atom. The fourth-order valence-corrected chi connectivity index (χ4v) is 4.26. The summed E-state index contributed by atoms with van der Waals surface area (Å²) in [4.78, 5) is 28.5. The van der Waals surface area contributed by atoms with Crippen LogP contribution in [0.5, 0.6) is 0 Å². The topological polar surface area (TPSA) is 49.4 Å². The smallest absolute Gasteiger partial charge is 0.278 e. The van der Waals surface area contributed by atoms with Crippen LogP contribution in [-0.2, 0) is 16.1 Å². The number of carbonyl (C=O) groups is 2. The molecule has 0 bridgehead atoms. The molecule has 4 rings (SSSR count). The molecule has 4 nitrogen and oxygen atoms in total. The average molecular weight is 423 g/mol. The molecular weight excluding hydrogens is 404 g/mol. The van der Waals surface area contributed by atoms with Gasteiger partial charge in [-0.15, -0.1) is 11.3 Å². The maximum absolute atomic E-state index is 13.2. The summed E-state index contributed by atoms with van der Waals surface area (Å²) >= 11 is 7.49. The van der Waals surface area contributed by atoms with E-state index in [9.17, 15) is 9.59 Å². The minimum Gasteiger partial charge on any atom is -0.350 e. The van der Waals surface area contributed by atoms with Crippen molar-refractivity contribution in [1.82, 2.24) is 4.90 Å². The first kappa shape index (κ1) is 19.4. The molecule has 0 unspecified atom stereocenters. The Labute approximate surface area is 178 Å². The summed E-state index contributed by atoms with van der Waals surface area (Å²) in [5, 5.41) is 5.71. The van der Waals surface area contributed by atoms with E-state index in [1.165, 1.54) is 16.2 Å². The summed E-state index contributed by atoms with van der Waals surface area (Å²) in [6.07, 6.45) is 0. The van der Waals surface area contributed by atoms with Gasteiger partial charge >= 0.3 is 0 Å². The zero-order chi connectivity index (χ0) is 20.5. The van der Waals surface area contributed by atoms with E-state index in [0.29, 0.717) is 16.3 Å². The molecule has 0 spiro atoms. The van der Waals surface area contributed by atoms with E-state index in [0.717, 1.165) is 27.3 Å². The minimum atomic E-state index is -0.326. The van der Waals surface area contributed by atoms with E-state index in [4.69, 9.17) is 11.6 Å². The van der Waals surface area contributed by atoms with E-state index < -0.39 is 0 Å². The van der Waals surface area contributed by atoms with Gasteiger partial charge in [-0.1, -0.05) is 47.5 Å². The predicted octanol–water partition coefficient (Wildman–Crippen LogP) is 5.41. The van der Waals surface area contributed by atoms with Crippen molar-refractivity contribution in [2.45, 2.75) is 20.4 Å². The molecule has 1 aromatic heterocycles. The summed E-state index contributed by atoms with van der Waals surface area (Å²) in [6, 6.07) is 17.0. The number of carbonyl (C=O) groups excluding carboxylic acids is 2. The van der Waals surface area contributed by atoms with Gasteiger partial charge in [0.25, 0.3) is 11.8 Å². The van der Waals surface area contributed by atoms with Gasteiger partial charge in [0.15, 0.2) is 0 Å². The van der Waals surface area contributed by atoms with Crippen molar-refractivity contribution in [2.24, 2.45) is 0 Å². The maximum Gasteiger partial charge on any atom is 0.278 e.